The Bertz CT molecular complexity index is 901. The predicted molar refractivity (Wildman–Crippen MR) is 79.4 cm³/mol. The van der Waals surface area contributed by atoms with Crippen molar-refractivity contribution in [1.82, 2.24) is 24.8 Å². The van der Waals surface area contributed by atoms with Crippen molar-refractivity contribution < 1.29 is 27.1 Å². The van der Waals surface area contributed by atoms with Gasteiger partial charge in [0, 0.05) is 25.2 Å². The molecule has 0 bridgehead atoms. The molecule has 0 unspecified atom stereocenters. The van der Waals surface area contributed by atoms with E-state index in [1.165, 1.54) is 4.52 Å². The third-order valence-corrected chi connectivity index (χ3v) is 4.07. The van der Waals surface area contributed by atoms with Gasteiger partial charge in [0.2, 0.25) is 11.8 Å². The number of fused-ring (bicyclic) bond motifs is 1. The lowest BCUT2D eigenvalue weighted by molar-refractivity contribution is -0.137. The highest BCUT2D eigenvalue weighted by molar-refractivity contribution is 5.45. The Hall–Kier alpha value is -2.69. The Labute approximate surface area is 144 Å². The predicted octanol–water partition coefficient (Wildman–Crippen LogP) is 2.60. The maximum atomic E-state index is 13.0. The summed E-state index contributed by atoms with van der Waals surface area (Å²) in [6.07, 6.45) is -1.80. The molecule has 1 aliphatic rings. The topological polar surface area (TPSA) is 87.6 Å². The van der Waals surface area contributed by atoms with Crippen LogP contribution in [0.4, 0.5) is 13.2 Å². The molecule has 1 saturated heterocycles. The zero-order chi connectivity index (χ0) is 18.1. The van der Waals surface area contributed by atoms with Crippen molar-refractivity contribution in [2.75, 3.05) is 13.2 Å². The molecule has 0 saturated carbocycles. The van der Waals surface area contributed by atoms with Gasteiger partial charge in [-0.1, -0.05) is 0 Å². The van der Waals surface area contributed by atoms with Crippen molar-refractivity contribution in [2.45, 2.75) is 31.5 Å². The van der Waals surface area contributed by atoms with E-state index >= 15 is 0 Å². The second-order valence-electron chi connectivity index (χ2n) is 5.82. The first-order valence-electron chi connectivity index (χ1n) is 7.94. The summed E-state index contributed by atoms with van der Waals surface area (Å²) < 4.78 is 56.5. The quantitative estimate of drug-likeness (QED) is 0.698. The normalized spacial score (nSPS) is 16.3. The maximum absolute atomic E-state index is 13.0. The minimum atomic E-state index is -4.52. The molecule has 0 spiro atoms. The van der Waals surface area contributed by atoms with Crippen molar-refractivity contribution in [1.29, 1.82) is 0 Å². The SMILES string of the molecule is FC(F)(F)c1cc(OCc2nnc(C3CCOCC3)o2)n2ncnc2c1. The number of hydrogen-bond acceptors (Lipinski definition) is 7. The van der Waals surface area contributed by atoms with Crippen LogP contribution in [0.5, 0.6) is 5.88 Å². The zero-order valence-corrected chi connectivity index (χ0v) is 13.4. The van der Waals surface area contributed by atoms with E-state index in [9.17, 15) is 13.2 Å². The molecule has 1 fully saturated rings. The molecule has 0 aromatic carbocycles. The van der Waals surface area contributed by atoms with E-state index in [1.807, 2.05) is 0 Å². The van der Waals surface area contributed by atoms with Crippen LogP contribution in [0, 0.1) is 0 Å². The maximum Gasteiger partial charge on any atom is 0.416 e. The van der Waals surface area contributed by atoms with Crippen LogP contribution < -0.4 is 4.74 Å². The van der Waals surface area contributed by atoms with Gasteiger partial charge in [0.15, 0.2) is 12.3 Å². The summed E-state index contributed by atoms with van der Waals surface area (Å²) in [7, 11) is 0. The highest BCUT2D eigenvalue weighted by Crippen LogP contribution is 2.32. The molecule has 3 aromatic heterocycles. The number of aromatic nitrogens is 5. The third-order valence-electron chi connectivity index (χ3n) is 4.07. The lowest BCUT2D eigenvalue weighted by Crippen LogP contribution is -2.14. The lowest BCUT2D eigenvalue weighted by atomic mass is 10.0. The number of alkyl halides is 3. The van der Waals surface area contributed by atoms with Crippen molar-refractivity contribution in [3.05, 3.63) is 35.8 Å². The van der Waals surface area contributed by atoms with Gasteiger partial charge in [-0.15, -0.1) is 10.2 Å². The monoisotopic (exact) mass is 369 g/mol. The van der Waals surface area contributed by atoms with Gasteiger partial charge in [-0.25, -0.2) is 4.98 Å². The van der Waals surface area contributed by atoms with Gasteiger partial charge in [-0.3, -0.25) is 0 Å². The Balaban J connectivity index is 1.52. The molecule has 0 amide bonds. The number of ether oxygens (including phenoxy) is 2. The largest absolute Gasteiger partial charge is 0.467 e. The molecule has 4 rings (SSSR count). The molecule has 138 valence electrons. The number of hydrogen-bond donors (Lipinski definition) is 0. The first-order valence-corrected chi connectivity index (χ1v) is 7.94. The summed E-state index contributed by atoms with van der Waals surface area (Å²) in [5.41, 5.74) is -0.843. The van der Waals surface area contributed by atoms with Gasteiger partial charge in [0.25, 0.3) is 5.89 Å². The average Bonchev–Trinajstić information content (AvgIpc) is 3.29. The van der Waals surface area contributed by atoms with Crippen LogP contribution >= 0.6 is 0 Å². The number of rotatable bonds is 4. The second-order valence-corrected chi connectivity index (χ2v) is 5.82. The van der Waals surface area contributed by atoms with E-state index in [4.69, 9.17) is 13.9 Å². The van der Waals surface area contributed by atoms with Crippen LogP contribution in [-0.2, 0) is 17.5 Å². The van der Waals surface area contributed by atoms with Crippen LogP contribution in [-0.4, -0.2) is 38.0 Å². The van der Waals surface area contributed by atoms with Crippen molar-refractivity contribution in [3.8, 4) is 5.88 Å². The van der Waals surface area contributed by atoms with Crippen LogP contribution in [0.1, 0.15) is 36.1 Å². The third kappa shape index (κ3) is 3.34. The fourth-order valence-corrected chi connectivity index (χ4v) is 2.73. The molecular weight excluding hydrogens is 355 g/mol. The van der Waals surface area contributed by atoms with E-state index in [0.717, 1.165) is 31.3 Å². The zero-order valence-electron chi connectivity index (χ0n) is 13.4. The molecule has 1 aliphatic heterocycles. The molecule has 0 N–H and O–H groups in total. The van der Waals surface area contributed by atoms with Crippen molar-refractivity contribution in [3.63, 3.8) is 0 Å². The summed E-state index contributed by atoms with van der Waals surface area (Å²) in [5, 5.41) is 11.8. The average molecular weight is 369 g/mol. The summed E-state index contributed by atoms with van der Waals surface area (Å²) in [6.45, 7) is 1.09. The van der Waals surface area contributed by atoms with E-state index in [0.29, 0.717) is 19.1 Å². The van der Waals surface area contributed by atoms with E-state index in [1.54, 1.807) is 0 Å². The first kappa shape index (κ1) is 16.8. The standard InChI is InChI=1S/C15H14F3N5O3/c16-15(17,18)10-5-11-19-8-20-23(11)13(6-10)25-7-12-21-22-14(26-12)9-1-3-24-4-2-9/h5-6,8-9H,1-4,7H2. The van der Waals surface area contributed by atoms with Crippen molar-refractivity contribution >= 4 is 5.65 Å². The van der Waals surface area contributed by atoms with E-state index in [-0.39, 0.29) is 29.9 Å². The van der Waals surface area contributed by atoms with Crippen LogP contribution in [0.25, 0.3) is 5.65 Å². The van der Waals surface area contributed by atoms with Crippen LogP contribution in [0.3, 0.4) is 0 Å². The molecule has 3 aromatic rings. The molecule has 0 atom stereocenters. The van der Waals surface area contributed by atoms with E-state index < -0.39 is 11.7 Å². The molecular formula is C15H14F3N5O3. The van der Waals surface area contributed by atoms with E-state index in [2.05, 4.69) is 20.3 Å². The molecule has 4 heterocycles. The summed E-state index contributed by atoms with van der Waals surface area (Å²) in [4.78, 5) is 3.78. The summed E-state index contributed by atoms with van der Waals surface area (Å²) >= 11 is 0. The van der Waals surface area contributed by atoms with Crippen LogP contribution in [0.15, 0.2) is 22.9 Å². The number of halogens is 3. The number of nitrogens with zero attached hydrogens (tertiary/aromatic N) is 5. The summed E-state index contributed by atoms with van der Waals surface area (Å²) in [5.74, 6) is 0.678. The van der Waals surface area contributed by atoms with Gasteiger partial charge in [-0.2, -0.15) is 22.8 Å². The second kappa shape index (κ2) is 6.56. The first-order chi connectivity index (χ1) is 12.5. The van der Waals surface area contributed by atoms with Gasteiger partial charge >= 0.3 is 6.18 Å². The molecule has 11 heteroatoms. The highest BCUT2D eigenvalue weighted by atomic mass is 19.4. The molecule has 0 radical (unpaired) electrons. The minimum Gasteiger partial charge on any atom is -0.467 e. The number of pyridine rings is 1. The Morgan fingerprint density at radius 2 is 2.00 bits per heavy atom. The van der Waals surface area contributed by atoms with Gasteiger partial charge in [0.05, 0.1) is 5.56 Å². The summed E-state index contributed by atoms with van der Waals surface area (Å²) in [6, 6.07) is 1.76. The highest BCUT2D eigenvalue weighted by Gasteiger charge is 2.32. The minimum absolute atomic E-state index is 0.0308. The van der Waals surface area contributed by atoms with Crippen molar-refractivity contribution in [2.24, 2.45) is 0 Å². The lowest BCUT2D eigenvalue weighted by Gasteiger charge is -2.18. The van der Waals surface area contributed by atoms with Gasteiger partial charge < -0.3 is 13.9 Å². The molecule has 26 heavy (non-hydrogen) atoms. The van der Waals surface area contributed by atoms with Gasteiger partial charge in [-0.05, 0) is 18.9 Å². The molecule has 0 aliphatic carbocycles. The Morgan fingerprint density at radius 3 is 2.77 bits per heavy atom. The van der Waals surface area contributed by atoms with Crippen LogP contribution in [0.2, 0.25) is 0 Å². The fourth-order valence-electron chi connectivity index (χ4n) is 2.73. The molecule has 8 nitrogen and oxygen atoms in total. The Morgan fingerprint density at radius 1 is 1.19 bits per heavy atom. The Kier molecular flexibility index (Phi) is 4.23. The smallest absolute Gasteiger partial charge is 0.416 e. The van der Waals surface area contributed by atoms with Gasteiger partial charge in [0.1, 0.15) is 6.33 Å². The fraction of sp³-hybridized carbons (Fsp3) is 0.467.